The van der Waals surface area contributed by atoms with Gasteiger partial charge in [-0.1, -0.05) is 0 Å². The summed E-state index contributed by atoms with van der Waals surface area (Å²) in [6.07, 6.45) is 2.94. The predicted octanol–water partition coefficient (Wildman–Crippen LogP) is 1.92. The lowest BCUT2D eigenvalue weighted by Crippen LogP contribution is -2.45. The van der Waals surface area contributed by atoms with Crippen LogP contribution in [0.15, 0.2) is 22.8 Å². The van der Waals surface area contributed by atoms with E-state index >= 15 is 0 Å². The molecule has 0 spiro atoms. The summed E-state index contributed by atoms with van der Waals surface area (Å²) in [6, 6.07) is 5.22. The first kappa shape index (κ1) is 20.1. The summed E-state index contributed by atoms with van der Waals surface area (Å²) in [6.45, 7) is 1.81. The molecule has 2 aromatic rings. The van der Waals surface area contributed by atoms with Crippen LogP contribution in [0.3, 0.4) is 0 Å². The molecule has 142 valence electrons. The third-order valence-corrected chi connectivity index (χ3v) is 4.91. The molecule has 9 heteroatoms. The molecule has 26 heavy (non-hydrogen) atoms. The molecule has 8 nitrogen and oxygen atoms in total. The van der Waals surface area contributed by atoms with E-state index in [0.29, 0.717) is 29.4 Å². The Morgan fingerprint density at radius 3 is 2.62 bits per heavy atom. The van der Waals surface area contributed by atoms with Gasteiger partial charge in [-0.25, -0.2) is 4.63 Å². The van der Waals surface area contributed by atoms with Crippen molar-refractivity contribution in [2.75, 3.05) is 13.6 Å². The van der Waals surface area contributed by atoms with Crippen LogP contribution in [0.25, 0.3) is 11.0 Å². The molecule has 1 amide bonds. The molecule has 1 aliphatic carbocycles. The molecule has 0 atom stereocenters. The highest BCUT2D eigenvalue weighted by molar-refractivity contribution is 5.97. The van der Waals surface area contributed by atoms with E-state index < -0.39 is 5.60 Å². The number of amides is 1. The number of rotatable bonds is 4. The molecule has 0 bridgehead atoms. The van der Waals surface area contributed by atoms with Gasteiger partial charge >= 0.3 is 5.97 Å². The fourth-order valence-corrected chi connectivity index (χ4v) is 3.30. The SMILES string of the molecule is CN(C(=O)c1ccc2nonc2c1)[C@H]1CC[C@](C)(OC(=O)CN)CC1.Cl. The Bertz CT molecular complexity index is 786. The molecule has 1 heterocycles. The first-order chi connectivity index (χ1) is 11.9. The summed E-state index contributed by atoms with van der Waals surface area (Å²) < 4.78 is 10.1. The van der Waals surface area contributed by atoms with Crippen LogP contribution in [-0.2, 0) is 9.53 Å². The van der Waals surface area contributed by atoms with Crippen molar-refractivity contribution in [2.45, 2.75) is 44.2 Å². The maximum atomic E-state index is 12.7. The zero-order valence-electron chi connectivity index (χ0n) is 14.8. The van der Waals surface area contributed by atoms with Crippen molar-refractivity contribution in [3.8, 4) is 0 Å². The van der Waals surface area contributed by atoms with Gasteiger partial charge in [-0.2, -0.15) is 0 Å². The third kappa shape index (κ3) is 4.13. The molecule has 0 aliphatic heterocycles. The molecule has 1 aromatic carbocycles. The van der Waals surface area contributed by atoms with Crippen LogP contribution in [0, 0.1) is 0 Å². The molecule has 1 fully saturated rings. The number of hydrogen-bond donors (Lipinski definition) is 1. The van der Waals surface area contributed by atoms with Gasteiger partial charge < -0.3 is 15.4 Å². The number of ether oxygens (including phenoxy) is 1. The van der Waals surface area contributed by atoms with Gasteiger partial charge in [0.15, 0.2) is 0 Å². The predicted molar refractivity (Wildman–Crippen MR) is 97.0 cm³/mol. The van der Waals surface area contributed by atoms with Crippen LogP contribution in [0.4, 0.5) is 0 Å². The number of benzene rings is 1. The number of esters is 1. The van der Waals surface area contributed by atoms with Crippen molar-refractivity contribution < 1.29 is 19.0 Å². The van der Waals surface area contributed by atoms with Gasteiger partial charge in [-0.3, -0.25) is 9.59 Å². The van der Waals surface area contributed by atoms with Crippen LogP contribution in [0.2, 0.25) is 0 Å². The number of carbonyl (C=O) groups is 2. The molecule has 1 aromatic heterocycles. The number of nitrogens with two attached hydrogens (primary N) is 1. The average Bonchev–Trinajstić information content (AvgIpc) is 3.08. The second-order valence-electron chi connectivity index (χ2n) is 6.74. The lowest BCUT2D eigenvalue weighted by Gasteiger charge is -2.40. The maximum absolute atomic E-state index is 12.7. The van der Waals surface area contributed by atoms with E-state index in [1.165, 1.54) is 0 Å². The number of aromatic nitrogens is 2. The van der Waals surface area contributed by atoms with Gasteiger partial charge in [0.1, 0.15) is 16.6 Å². The first-order valence-electron chi connectivity index (χ1n) is 8.33. The van der Waals surface area contributed by atoms with E-state index in [-0.39, 0.29) is 36.9 Å². The smallest absolute Gasteiger partial charge is 0.320 e. The van der Waals surface area contributed by atoms with Crippen molar-refractivity contribution in [1.29, 1.82) is 0 Å². The van der Waals surface area contributed by atoms with Crippen LogP contribution in [0.1, 0.15) is 43.0 Å². The highest BCUT2D eigenvalue weighted by atomic mass is 35.5. The fraction of sp³-hybridized carbons (Fsp3) is 0.529. The van der Waals surface area contributed by atoms with Crippen molar-refractivity contribution in [3.05, 3.63) is 23.8 Å². The molecular formula is C17H23ClN4O4. The third-order valence-electron chi connectivity index (χ3n) is 4.91. The molecule has 0 unspecified atom stereocenters. The minimum Gasteiger partial charge on any atom is -0.458 e. The minimum absolute atomic E-state index is 0. The van der Waals surface area contributed by atoms with Gasteiger partial charge in [-0.15, -0.1) is 12.4 Å². The Balaban J connectivity index is 0.00000243. The number of halogens is 1. The number of fused-ring (bicyclic) bond motifs is 1. The van der Waals surface area contributed by atoms with Gasteiger partial charge in [0.25, 0.3) is 5.91 Å². The normalized spacial score (nSPS) is 22.5. The summed E-state index contributed by atoms with van der Waals surface area (Å²) in [4.78, 5) is 25.9. The van der Waals surface area contributed by atoms with Gasteiger partial charge in [0.05, 0.1) is 6.54 Å². The number of carbonyl (C=O) groups excluding carboxylic acids is 2. The number of nitrogens with zero attached hydrogens (tertiary/aromatic N) is 3. The van der Waals surface area contributed by atoms with Crippen LogP contribution in [-0.4, -0.2) is 52.3 Å². The van der Waals surface area contributed by atoms with Crippen LogP contribution < -0.4 is 5.73 Å². The van der Waals surface area contributed by atoms with Crippen molar-refractivity contribution >= 4 is 35.3 Å². The van der Waals surface area contributed by atoms with Crippen LogP contribution >= 0.6 is 12.4 Å². The van der Waals surface area contributed by atoms with E-state index in [9.17, 15) is 9.59 Å². The van der Waals surface area contributed by atoms with Crippen molar-refractivity contribution in [3.63, 3.8) is 0 Å². The lowest BCUT2D eigenvalue weighted by molar-refractivity contribution is -0.160. The zero-order chi connectivity index (χ0) is 18.0. The monoisotopic (exact) mass is 382 g/mol. The topological polar surface area (TPSA) is 112 Å². The fourth-order valence-electron chi connectivity index (χ4n) is 3.30. The highest BCUT2D eigenvalue weighted by Crippen LogP contribution is 2.33. The summed E-state index contributed by atoms with van der Waals surface area (Å²) in [5, 5.41) is 7.51. The van der Waals surface area contributed by atoms with Crippen molar-refractivity contribution in [1.82, 2.24) is 15.2 Å². The van der Waals surface area contributed by atoms with Crippen LogP contribution in [0.5, 0.6) is 0 Å². The Kier molecular flexibility index (Phi) is 6.20. The summed E-state index contributed by atoms with van der Waals surface area (Å²) >= 11 is 0. The summed E-state index contributed by atoms with van der Waals surface area (Å²) in [5.74, 6) is -0.461. The Morgan fingerprint density at radius 1 is 1.31 bits per heavy atom. The first-order valence-corrected chi connectivity index (χ1v) is 8.33. The van der Waals surface area contributed by atoms with E-state index in [4.69, 9.17) is 10.5 Å². The molecule has 3 rings (SSSR count). The zero-order valence-corrected chi connectivity index (χ0v) is 15.6. The Morgan fingerprint density at radius 2 is 1.96 bits per heavy atom. The molecule has 2 N–H and O–H groups in total. The van der Waals surface area contributed by atoms with Gasteiger partial charge in [-0.05, 0) is 61.1 Å². The molecule has 1 aliphatic rings. The minimum atomic E-state index is -0.498. The second kappa shape index (κ2) is 8.01. The average molecular weight is 383 g/mol. The molecule has 0 saturated heterocycles. The maximum Gasteiger partial charge on any atom is 0.320 e. The van der Waals surface area contributed by atoms with E-state index in [0.717, 1.165) is 12.8 Å². The molecule has 0 radical (unpaired) electrons. The Hall–Kier alpha value is -2.19. The summed E-state index contributed by atoms with van der Waals surface area (Å²) in [5.41, 5.74) is 6.55. The van der Waals surface area contributed by atoms with E-state index in [2.05, 4.69) is 14.9 Å². The van der Waals surface area contributed by atoms with Gasteiger partial charge in [0.2, 0.25) is 0 Å². The standard InChI is InChI=1S/C17H22N4O4.ClH/c1-17(24-15(22)10-18)7-5-12(6-8-17)21(2)16(23)11-3-4-13-14(9-11)20-25-19-13;/h3-4,9,12H,5-8,10,18H2,1-2H3;1H/t12-,17-;. The lowest BCUT2D eigenvalue weighted by atomic mass is 9.82. The van der Waals surface area contributed by atoms with E-state index in [1.807, 2.05) is 6.92 Å². The molecule has 1 saturated carbocycles. The largest absolute Gasteiger partial charge is 0.458 e. The summed E-state index contributed by atoms with van der Waals surface area (Å²) in [7, 11) is 1.80. The Labute approximate surface area is 157 Å². The molecular weight excluding hydrogens is 360 g/mol. The van der Waals surface area contributed by atoms with Gasteiger partial charge in [0, 0.05) is 18.7 Å². The number of hydrogen-bond acceptors (Lipinski definition) is 7. The van der Waals surface area contributed by atoms with E-state index in [1.54, 1.807) is 30.1 Å². The quantitative estimate of drug-likeness (QED) is 0.804. The highest BCUT2D eigenvalue weighted by Gasteiger charge is 2.36. The second-order valence-corrected chi connectivity index (χ2v) is 6.74. The van der Waals surface area contributed by atoms with Crippen molar-refractivity contribution in [2.24, 2.45) is 5.73 Å².